The highest BCUT2D eigenvalue weighted by atomic mass is 35.5. The van der Waals surface area contributed by atoms with Gasteiger partial charge in [-0.3, -0.25) is 9.48 Å². The molecule has 0 saturated carbocycles. The molecule has 0 saturated heterocycles. The smallest absolute Gasteiger partial charge is 0.257 e. The van der Waals surface area contributed by atoms with Gasteiger partial charge in [-0.15, -0.1) is 0 Å². The zero-order valence-corrected chi connectivity index (χ0v) is 14.7. The molecular formula is C18H18ClN5O. The maximum absolute atomic E-state index is 12.2. The van der Waals surface area contributed by atoms with E-state index in [1.54, 1.807) is 36.4 Å². The van der Waals surface area contributed by atoms with Crippen molar-refractivity contribution in [3.63, 3.8) is 0 Å². The van der Waals surface area contributed by atoms with Crippen LogP contribution in [0.5, 0.6) is 0 Å². The zero-order valence-electron chi connectivity index (χ0n) is 14.0. The quantitative estimate of drug-likeness (QED) is 0.733. The van der Waals surface area contributed by atoms with Crippen molar-refractivity contribution < 1.29 is 4.79 Å². The Labute approximate surface area is 150 Å². The summed E-state index contributed by atoms with van der Waals surface area (Å²) in [6.45, 7) is 2.64. The predicted octanol–water partition coefficient (Wildman–Crippen LogP) is 3.64. The van der Waals surface area contributed by atoms with Crippen LogP contribution in [0, 0.1) is 6.92 Å². The highest BCUT2D eigenvalue weighted by Crippen LogP contribution is 2.16. The number of nitrogens with zero attached hydrogens (tertiary/aromatic N) is 3. The fourth-order valence-corrected chi connectivity index (χ4v) is 2.50. The second-order valence-electron chi connectivity index (χ2n) is 5.63. The minimum absolute atomic E-state index is 0.232. The van der Waals surface area contributed by atoms with Crippen LogP contribution in [0.2, 0.25) is 5.02 Å². The molecule has 0 radical (unpaired) electrons. The largest absolute Gasteiger partial charge is 0.366 e. The molecule has 128 valence electrons. The van der Waals surface area contributed by atoms with Gasteiger partial charge in [-0.05, 0) is 37.3 Å². The standard InChI is InChI=1S/C18H18ClN5O/c1-12-14(11-22-24(12)2)10-21-17-7-6-13(9-20-17)18(25)23-16-5-3-4-15(19)8-16/h3-9,11H,10H2,1-2H3,(H,20,21)(H,23,25). The lowest BCUT2D eigenvalue weighted by Gasteiger charge is -2.08. The van der Waals surface area contributed by atoms with Gasteiger partial charge >= 0.3 is 0 Å². The number of anilines is 2. The summed E-state index contributed by atoms with van der Waals surface area (Å²) in [4.78, 5) is 16.5. The van der Waals surface area contributed by atoms with Gasteiger partial charge in [-0.2, -0.15) is 5.10 Å². The number of aromatic nitrogens is 3. The first-order valence-corrected chi connectivity index (χ1v) is 8.15. The van der Waals surface area contributed by atoms with E-state index in [0.29, 0.717) is 28.6 Å². The number of hydrogen-bond donors (Lipinski definition) is 2. The number of pyridine rings is 1. The third-order valence-electron chi connectivity index (χ3n) is 3.91. The Morgan fingerprint density at radius 1 is 1.24 bits per heavy atom. The van der Waals surface area contributed by atoms with Crippen LogP contribution >= 0.6 is 11.6 Å². The summed E-state index contributed by atoms with van der Waals surface area (Å²) in [6, 6.07) is 10.5. The monoisotopic (exact) mass is 355 g/mol. The third-order valence-corrected chi connectivity index (χ3v) is 4.14. The minimum Gasteiger partial charge on any atom is -0.366 e. The van der Waals surface area contributed by atoms with Gasteiger partial charge < -0.3 is 10.6 Å². The molecule has 25 heavy (non-hydrogen) atoms. The van der Waals surface area contributed by atoms with Crippen LogP contribution < -0.4 is 10.6 Å². The first-order chi connectivity index (χ1) is 12.0. The molecule has 1 aromatic carbocycles. The van der Waals surface area contributed by atoms with Crippen molar-refractivity contribution in [1.82, 2.24) is 14.8 Å². The summed E-state index contributed by atoms with van der Waals surface area (Å²) in [5, 5.41) is 10.8. The van der Waals surface area contributed by atoms with Crippen molar-refractivity contribution in [2.45, 2.75) is 13.5 Å². The molecule has 0 atom stereocenters. The highest BCUT2D eigenvalue weighted by molar-refractivity contribution is 6.30. The SMILES string of the molecule is Cc1c(CNc2ccc(C(=O)Nc3cccc(Cl)c3)cn2)cnn1C. The van der Waals surface area contributed by atoms with Crippen molar-refractivity contribution in [2.24, 2.45) is 7.05 Å². The second kappa shape index (κ2) is 7.36. The number of rotatable bonds is 5. The molecule has 2 aromatic heterocycles. The van der Waals surface area contributed by atoms with E-state index >= 15 is 0 Å². The first-order valence-electron chi connectivity index (χ1n) is 7.77. The van der Waals surface area contributed by atoms with Crippen LogP contribution in [-0.2, 0) is 13.6 Å². The van der Waals surface area contributed by atoms with Gasteiger partial charge in [0.15, 0.2) is 0 Å². The number of carbonyl (C=O) groups is 1. The van der Waals surface area contributed by atoms with Crippen LogP contribution in [0.25, 0.3) is 0 Å². The third kappa shape index (κ3) is 4.16. The van der Waals surface area contributed by atoms with E-state index in [4.69, 9.17) is 11.6 Å². The second-order valence-corrected chi connectivity index (χ2v) is 6.07. The van der Waals surface area contributed by atoms with E-state index in [0.717, 1.165) is 11.3 Å². The molecule has 0 fully saturated rings. The Kier molecular flexibility index (Phi) is 5.00. The molecule has 0 aliphatic heterocycles. The van der Waals surface area contributed by atoms with Gasteiger partial charge in [0.2, 0.25) is 0 Å². The van der Waals surface area contributed by atoms with E-state index in [1.165, 1.54) is 6.20 Å². The molecule has 0 aliphatic carbocycles. The van der Waals surface area contributed by atoms with E-state index in [9.17, 15) is 4.79 Å². The van der Waals surface area contributed by atoms with E-state index in [-0.39, 0.29) is 5.91 Å². The summed E-state index contributed by atoms with van der Waals surface area (Å²) in [7, 11) is 1.91. The van der Waals surface area contributed by atoms with E-state index < -0.39 is 0 Å². The fourth-order valence-electron chi connectivity index (χ4n) is 2.31. The lowest BCUT2D eigenvalue weighted by Crippen LogP contribution is -2.12. The van der Waals surface area contributed by atoms with Gasteiger partial charge in [0, 0.05) is 41.8 Å². The molecule has 0 aliphatic rings. The Bertz CT molecular complexity index is 889. The predicted molar refractivity (Wildman–Crippen MR) is 98.9 cm³/mol. The summed E-state index contributed by atoms with van der Waals surface area (Å²) >= 11 is 5.92. The number of hydrogen-bond acceptors (Lipinski definition) is 4. The van der Waals surface area contributed by atoms with Crippen LogP contribution in [-0.4, -0.2) is 20.7 Å². The van der Waals surface area contributed by atoms with E-state index in [2.05, 4.69) is 20.7 Å². The van der Waals surface area contributed by atoms with Crippen LogP contribution in [0.4, 0.5) is 11.5 Å². The molecule has 6 nitrogen and oxygen atoms in total. The summed E-state index contributed by atoms with van der Waals surface area (Å²) in [6.07, 6.45) is 3.37. The van der Waals surface area contributed by atoms with Crippen molar-refractivity contribution in [2.75, 3.05) is 10.6 Å². The molecule has 1 amide bonds. The molecule has 2 N–H and O–H groups in total. The summed E-state index contributed by atoms with van der Waals surface area (Å²) < 4.78 is 1.83. The molecule has 2 heterocycles. The molecule has 7 heteroatoms. The average molecular weight is 356 g/mol. The minimum atomic E-state index is -0.232. The average Bonchev–Trinajstić information content (AvgIpc) is 2.92. The summed E-state index contributed by atoms with van der Waals surface area (Å²) in [5.74, 6) is 0.465. The van der Waals surface area contributed by atoms with Gasteiger partial charge in [0.05, 0.1) is 11.8 Å². The number of carbonyl (C=O) groups excluding carboxylic acids is 1. The number of halogens is 1. The molecule has 3 aromatic rings. The van der Waals surface area contributed by atoms with Crippen LogP contribution in [0.15, 0.2) is 48.8 Å². The first kappa shape index (κ1) is 17.0. The molecule has 3 rings (SSSR count). The number of nitrogens with one attached hydrogen (secondary N) is 2. The Morgan fingerprint density at radius 3 is 2.72 bits per heavy atom. The van der Waals surface area contributed by atoms with Crippen LogP contribution in [0.1, 0.15) is 21.6 Å². The molecule has 0 bridgehead atoms. The fraction of sp³-hybridized carbons (Fsp3) is 0.167. The number of aryl methyl sites for hydroxylation is 1. The van der Waals surface area contributed by atoms with Crippen LogP contribution in [0.3, 0.4) is 0 Å². The maximum Gasteiger partial charge on any atom is 0.257 e. The zero-order chi connectivity index (χ0) is 17.8. The van der Waals surface area contributed by atoms with Gasteiger partial charge in [-0.25, -0.2) is 4.98 Å². The Hall–Kier alpha value is -2.86. The Morgan fingerprint density at radius 2 is 2.08 bits per heavy atom. The Balaban J connectivity index is 1.61. The highest BCUT2D eigenvalue weighted by Gasteiger charge is 2.08. The molecule has 0 unspecified atom stereocenters. The van der Waals surface area contributed by atoms with Crippen molar-refractivity contribution in [3.8, 4) is 0 Å². The maximum atomic E-state index is 12.2. The van der Waals surface area contributed by atoms with E-state index in [1.807, 2.05) is 24.9 Å². The summed E-state index contributed by atoms with van der Waals surface area (Å²) in [5.41, 5.74) is 3.33. The van der Waals surface area contributed by atoms with Gasteiger partial charge in [-0.1, -0.05) is 17.7 Å². The van der Waals surface area contributed by atoms with Crippen molar-refractivity contribution in [1.29, 1.82) is 0 Å². The molecular weight excluding hydrogens is 338 g/mol. The topological polar surface area (TPSA) is 71.8 Å². The number of benzene rings is 1. The number of amides is 1. The lowest BCUT2D eigenvalue weighted by molar-refractivity contribution is 0.102. The van der Waals surface area contributed by atoms with Crippen molar-refractivity contribution in [3.05, 3.63) is 70.6 Å². The van der Waals surface area contributed by atoms with Gasteiger partial charge in [0.25, 0.3) is 5.91 Å². The lowest BCUT2D eigenvalue weighted by atomic mass is 10.2. The molecule has 0 spiro atoms. The van der Waals surface area contributed by atoms with Gasteiger partial charge in [0.1, 0.15) is 5.82 Å². The normalized spacial score (nSPS) is 10.5. The van der Waals surface area contributed by atoms with Crippen molar-refractivity contribution >= 4 is 29.0 Å².